The fourth-order valence-corrected chi connectivity index (χ4v) is 5.48. The van der Waals surface area contributed by atoms with E-state index in [-0.39, 0.29) is 18.0 Å². The molecule has 7 heteroatoms. The molecule has 0 fully saturated rings. The molecule has 1 amide bonds. The second-order valence-corrected chi connectivity index (χ2v) is 10.9. The molecule has 206 valence electrons. The molecule has 2 heterocycles. The first-order chi connectivity index (χ1) is 19.6. The van der Waals surface area contributed by atoms with Crippen LogP contribution in [-0.2, 0) is 26.1 Å². The maximum absolute atomic E-state index is 12.8. The highest BCUT2D eigenvalue weighted by Gasteiger charge is 2.30. The van der Waals surface area contributed by atoms with E-state index >= 15 is 0 Å². The van der Waals surface area contributed by atoms with Crippen LogP contribution < -0.4 is 10.6 Å². The first kappa shape index (κ1) is 28.0. The van der Waals surface area contributed by atoms with Gasteiger partial charge in [-0.25, -0.2) is 0 Å². The second-order valence-electron chi connectivity index (χ2n) is 10.4. The van der Waals surface area contributed by atoms with Crippen molar-refractivity contribution in [1.29, 1.82) is 0 Å². The second kappa shape index (κ2) is 13.7. The van der Waals surface area contributed by atoms with Gasteiger partial charge < -0.3 is 10.6 Å². The smallest absolute Gasteiger partial charge is 0.251 e. The average molecular weight is 554 g/mol. The molecule has 0 saturated carbocycles. The summed E-state index contributed by atoms with van der Waals surface area (Å²) >= 11 is 6.00. The number of nitrogens with zero attached hydrogens (tertiary/aromatic N) is 3. The Kier molecular flexibility index (Phi) is 9.55. The predicted molar refractivity (Wildman–Crippen MR) is 160 cm³/mol. The van der Waals surface area contributed by atoms with Gasteiger partial charge in [0.25, 0.3) is 5.91 Å². The summed E-state index contributed by atoms with van der Waals surface area (Å²) in [7, 11) is 0. The molecule has 2 N–H and O–H groups in total. The molecule has 0 aliphatic heterocycles. The minimum Gasteiger partial charge on any atom is -0.350 e. The minimum absolute atomic E-state index is 0.0896. The Bertz CT molecular complexity index is 1380. The number of pyridine rings is 2. The third-order valence-corrected chi connectivity index (χ3v) is 7.80. The van der Waals surface area contributed by atoms with E-state index in [9.17, 15) is 4.79 Å². The normalized spacial score (nSPS) is 15.4. The highest BCUT2D eigenvalue weighted by molar-refractivity contribution is 6.30. The molecule has 0 spiro atoms. The van der Waals surface area contributed by atoms with Crippen molar-refractivity contribution in [3.8, 4) is 0 Å². The zero-order valence-corrected chi connectivity index (χ0v) is 23.6. The predicted octanol–water partition coefficient (Wildman–Crippen LogP) is 6.12. The Labute approximate surface area is 241 Å². The summed E-state index contributed by atoms with van der Waals surface area (Å²) in [6.45, 7) is 5.03. The maximum Gasteiger partial charge on any atom is 0.251 e. The Hall–Kier alpha value is -3.58. The molecule has 2 aromatic carbocycles. The van der Waals surface area contributed by atoms with Crippen molar-refractivity contribution in [3.63, 3.8) is 0 Å². The number of aromatic nitrogens is 2. The molecule has 1 aliphatic carbocycles. The minimum atomic E-state index is -0.0896. The highest BCUT2D eigenvalue weighted by atomic mass is 35.5. The van der Waals surface area contributed by atoms with Gasteiger partial charge in [-0.3, -0.25) is 19.7 Å². The number of rotatable bonds is 11. The van der Waals surface area contributed by atoms with Crippen LogP contribution in [0.5, 0.6) is 0 Å². The van der Waals surface area contributed by atoms with E-state index in [2.05, 4.69) is 57.8 Å². The lowest BCUT2D eigenvalue weighted by Crippen LogP contribution is -2.44. The molecule has 5 rings (SSSR count). The molecule has 2 unspecified atom stereocenters. The quantitative estimate of drug-likeness (QED) is 0.234. The molecular weight excluding hydrogens is 518 g/mol. The van der Waals surface area contributed by atoms with Crippen LogP contribution in [0.4, 0.5) is 0 Å². The van der Waals surface area contributed by atoms with Gasteiger partial charge in [0.2, 0.25) is 0 Å². The van der Waals surface area contributed by atoms with Crippen molar-refractivity contribution in [2.24, 2.45) is 0 Å². The van der Waals surface area contributed by atoms with Gasteiger partial charge in [0.05, 0.1) is 17.4 Å². The Morgan fingerprint density at radius 2 is 1.73 bits per heavy atom. The molecule has 2 atom stereocenters. The van der Waals surface area contributed by atoms with Crippen LogP contribution >= 0.6 is 11.6 Å². The number of fused-ring (bicyclic) bond motifs is 1. The van der Waals surface area contributed by atoms with Gasteiger partial charge >= 0.3 is 0 Å². The highest BCUT2D eigenvalue weighted by Crippen LogP contribution is 2.35. The molecule has 2 aromatic heterocycles. The van der Waals surface area contributed by atoms with Gasteiger partial charge in [-0.15, -0.1) is 0 Å². The lowest BCUT2D eigenvalue weighted by Gasteiger charge is -2.39. The van der Waals surface area contributed by atoms with E-state index in [1.165, 1.54) is 22.4 Å². The summed E-state index contributed by atoms with van der Waals surface area (Å²) < 4.78 is 0. The summed E-state index contributed by atoms with van der Waals surface area (Å²) in [5.41, 5.74) is 6.62. The van der Waals surface area contributed by atoms with Crippen molar-refractivity contribution in [2.45, 2.75) is 57.9 Å². The molecular formula is C33H36ClN5O. The van der Waals surface area contributed by atoms with Crippen LogP contribution in [0.25, 0.3) is 0 Å². The van der Waals surface area contributed by atoms with Gasteiger partial charge in [0.15, 0.2) is 0 Å². The van der Waals surface area contributed by atoms with E-state index in [0.29, 0.717) is 17.1 Å². The number of carbonyl (C=O) groups excluding carboxylic acids is 1. The summed E-state index contributed by atoms with van der Waals surface area (Å²) in [5.74, 6) is -0.0896. The summed E-state index contributed by atoms with van der Waals surface area (Å²) in [6, 6.07) is 26.3. The van der Waals surface area contributed by atoms with E-state index in [4.69, 9.17) is 16.6 Å². The van der Waals surface area contributed by atoms with Gasteiger partial charge in [-0.2, -0.15) is 0 Å². The summed E-state index contributed by atoms with van der Waals surface area (Å²) in [5, 5.41) is 7.23. The lowest BCUT2D eigenvalue weighted by molar-refractivity contribution is 0.0888. The zero-order valence-electron chi connectivity index (χ0n) is 22.9. The van der Waals surface area contributed by atoms with E-state index in [0.717, 1.165) is 44.6 Å². The first-order valence-corrected chi connectivity index (χ1v) is 14.4. The molecule has 0 saturated heterocycles. The Morgan fingerprint density at radius 3 is 2.50 bits per heavy atom. The van der Waals surface area contributed by atoms with Gasteiger partial charge in [-0.05, 0) is 85.3 Å². The monoisotopic (exact) mass is 553 g/mol. The van der Waals surface area contributed by atoms with Crippen LogP contribution in [0.2, 0.25) is 5.02 Å². The van der Waals surface area contributed by atoms with Crippen molar-refractivity contribution in [3.05, 3.63) is 130 Å². The fraction of sp³-hybridized carbons (Fsp3) is 0.303. The topological polar surface area (TPSA) is 70.2 Å². The Balaban J connectivity index is 1.27. The van der Waals surface area contributed by atoms with Gasteiger partial charge in [0.1, 0.15) is 0 Å². The molecule has 1 aliphatic rings. The summed E-state index contributed by atoms with van der Waals surface area (Å²) in [4.78, 5) is 24.5. The standard InChI is InChI=1S/C33H36ClN5O/c1-24(20-38-33(40)28-14-16-29(34)17-15-28)39(31-9-4-6-27-7-5-19-37-32(27)31)23-26-12-10-25(11-13-26)21-35-22-30-8-2-3-18-36-30/h2-3,5,7-8,10-19,24,31,35H,4,6,9,20-23H2,1H3,(H,38,40). The number of benzene rings is 2. The number of nitrogens with one attached hydrogen (secondary N) is 2. The number of carbonyl (C=O) groups is 1. The van der Waals surface area contributed by atoms with Crippen molar-refractivity contribution in [2.75, 3.05) is 6.54 Å². The number of halogens is 1. The van der Waals surface area contributed by atoms with Gasteiger partial charge in [-0.1, -0.05) is 48.0 Å². The van der Waals surface area contributed by atoms with Crippen molar-refractivity contribution < 1.29 is 4.79 Å². The van der Waals surface area contributed by atoms with Crippen molar-refractivity contribution >= 4 is 17.5 Å². The van der Waals surface area contributed by atoms with Crippen LogP contribution in [0.15, 0.2) is 91.3 Å². The fourth-order valence-electron chi connectivity index (χ4n) is 5.35. The summed E-state index contributed by atoms with van der Waals surface area (Å²) in [6.07, 6.45) is 6.96. The Morgan fingerprint density at radius 1 is 0.950 bits per heavy atom. The molecule has 4 aromatic rings. The van der Waals surface area contributed by atoms with E-state index in [1.54, 1.807) is 24.3 Å². The van der Waals surface area contributed by atoms with Crippen molar-refractivity contribution in [1.82, 2.24) is 25.5 Å². The van der Waals surface area contributed by atoms with Gasteiger partial charge in [0, 0.05) is 55.2 Å². The number of hydrogen-bond donors (Lipinski definition) is 2. The van der Waals surface area contributed by atoms with Crippen LogP contribution in [0.3, 0.4) is 0 Å². The maximum atomic E-state index is 12.8. The first-order valence-electron chi connectivity index (χ1n) is 14.0. The van der Waals surface area contributed by atoms with Crippen LogP contribution in [-0.4, -0.2) is 33.4 Å². The zero-order chi connectivity index (χ0) is 27.7. The molecule has 40 heavy (non-hydrogen) atoms. The lowest BCUT2D eigenvalue weighted by atomic mass is 9.89. The van der Waals surface area contributed by atoms with E-state index in [1.807, 2.05) is 36.7 Å². The molecule has 6 nitrogen and oxygen atoms in total. The number of amides is 1. The number of aryl methyl sites for hydroxylation is 1. The molecule has 0 bridgehead atoms. The van der Waals surface area contributed by atoms with E-state index < -0.39 is 0 Å². The number of hydrogen-bond acceptors (Lipinski definition) is 5. The SMILES string of the molecule is CC(CNC(=O)c1ccc(Cl)cc1)N(Cc1ccc(CNCc2ccccn2)cc1)C1CCCc2cccnc21. The largest absolute Gasteiger partial charge is 0.350 e. The third-order valence-electron chi connectivity index (χ3n) is 7.55. The third kappa shape index (κ3) is 7.33. The average Bonchev–Trinajstić information content (AvgIpc) is 3.00. The van der Waals surface area contributed by atoms with Crippen LogP contribution in [0.1, 0.15) is 64.2 Å². The van der Waals surface area contributed by atoms with Crippen LogP contribution in [0, 0.1) is 0 Å². The molecule has 0 radical (unpaired) electrons.